The maximum atomic E-state index is 14.0. The molecular formula is C17H27ClFN. The highest BCUT2D eigenvalue weighted by molar-refractivity contribution is 6.30. The summed E-state index contributed by atoms with van der Waals surface area (Å²) >= 11 is 5.82. The van der Waals surface area contributed by atoms with E-state index in [1.54, 1.807) is 6.07 Å². The normalized spacial score (nSPS) is 14.6. The van der Waals surface area contributed by atoms with Crippen molar-refractivity contribution in [2.75, 3.05) is 13.1 Å². The molecule has 0 amide bonds. The number of halogens is 2. The number of hydrogen-bond donors (Lipinski definition) is 1. The molecular weight excluding hydrogens is 273 g/mol. The Bertz CT molecular complexity index is 419. The van der Waals surface area contributed by atoms with Gasteiger partial charge in [0.25, 0.3) is 0 Å². The van der Waals surface area contributed by atoms with Crippen molar-refractivity contribution in [2.45, 2.75) is 47.0 Å². The van der Waals surface area contributed by atoms with Gasteiger partial charge in [0.05, 0.1) is 0 Å². The van der Waals surface area contributed by atoms with Crippen molar-refractivity contribution in [3.8, 4) is 0 Å². The number of benzene rings is 1. The zero-order chi connectivity index (χ0) is 15.2. The summed E-state index contributed by atoms with van der Waals surface area (Å²) in [6.07, 6.45) is 2.93. The monoisotopic (exact) mass is 299 g/mol. The molecule has 1 atom stereocenters. The Kier molecular flexibility index (Phi) is 6.97. The lowest BCUT2D eigenvalue weighted by molar-refractivity contribution is 0.268. The van der Waals surface area contributed by atoms with Gasteiger partial charge >= 0.3 is 0 Å². The molecule has 0 saturated carbocycles. The van der Waals surface area contributed by atoms with Crippen molar-refractivity contribution in [1.29, 1.82) is 0 Å². The zero-order valence-corrected chi connectivity index (χ0v) is 13.9. The Morgan fingerprint density at radius 3 is 2.60 bits per heavy atom. The van der Waals surface area contributed by atoms with Crippen molar-refractivity contribution in [1.82, 2.24) is 5.32 Å². The molecule has 0 aromatic heterocycles. The van der Waals surface area contributed by atoms with Crippen LogP contribution in [0.15, 0.2) is 18.2 Å². The Morgan fingerprint density at radius 2 is 2.05 bits per heavy atom. The minimum absolute atomic E-state index is 0.0817. The lowest BCUT2D eigenvalue weighted by atomic mass is 9.79. The molecule has 1 rings (SSSR count). The molecule has 20 heavy (non-hydrogen) atoms. The second kappa shape index (κ2) is 7.99. The Morgan fingerprint density at radius 1 is 1.35 bits per heavy atom. The van der Waals surface area contributed by atoms with Crippen molar-refractivity contribution in [3.05, 3.63) is 34.6 Å². The summed E-state index contributed by atoms with van der Waals surface area (Å²) < 4.78 is 14.0. The van der Waals surface area contributed by atoms with E-state index in [0.29, 0.717) is 10.9 Å². The number of rotatable bonds is 8. The zero-order valence-electron chi connectivity index (χ0n) is 13.1. The molecule has 0 radical (unpaired) electrons. The Balaban J connectivity index is 2.73. The third-order valence-corrected chi connectivity index (χ3v) is 3.83. The molecule has 0 spiro atoms. The van der Waals surface area contributed by atoms with Gasteiger partial charge in [0.2, 0.25) is 0 Å². The fourth-order valence-corrected chi connectivity index (χ4v) is 2.79. The van der Waals surface area contributed by atoms with Gasteiger partial charge in [-0.05, 0) is 48.4 Å². The van der Waals surface area contributed by atoms with Crippen LogP contribution in [0, 0.1) is 17.2 Å². The molecule has 0 saturated heterocycles. The van der Waals surface area contributed by atoms with E-state index in [4.69, 9.17) is 11.6 Å². The van der Waals surface area contributed by atoms with Gasteiger partial charge in [0.1, 0.15) is 5.82 Å². The second-order valence-corrected chi connectivity index (χ2v) is 6.93. The number of nitrogens with one attached hydrogen (secondary N) is 1. The van der Waals surface area contributed by atoms with E-state index in [9.17, 15) is 4.39 Å². The van der Waals surface area contributed by atoms with Crippen LogP contribution >= 0.6 is 11.6 Å². The Hall–Kier alpha value is -0.600. The molecule has 0 aliphatic heterocycles. The summed E-state index contributed by atoms with van der Waals surface area (Å²) in [5.74, 6) is 0.442. The summed E-state index contributed by atoms with van der Waals surface area (Å²) in [6.45, 7) is 10.7. The second-order valence-electron chi connectivity index (χ2n) is 6.50. The van der Waals surface area contributed by atoms with Crippen LogP contribution < -0.4 is 5.32 Å². The predicted molar refractivity (Wildman–Crippen MR) is 85.8 cm³/mol. The number of hydrogen-bond acceptors (Lipinski definition) is 1. The average molecular weight is 300 g/mol. The van der Waals surface area contributed by atoms with Crippen LogP contribution in [0.4, 0.5) is 4.39 Å². The molecule has 0 aliphatic carbocycles. The molecule has 0 heterocycles. The standard InChI is InChI=1S/C17H27ClFN/c1-5-8-17(4,12-20-11-13(2)3)10-14-6-7-15(18)9-16(14)19/h6-7,9,13,20H,5,8,10-12H2,1-4H3. The lowest BCUT2D eigenvalue weighted by Gasteiger charge is -2.30. The SMILES string of the molecule is CCCC(C)(CNCC(C)C)Cc1ccc(Cl)cc1F. The van der Waals surface area contributed by atoms with Crippen LogP contribution in [-0.2, 0) is 6.42 Å². The minimum atomic E-state index is -0.191. The first-order valence-electron chi connectivity index (χ1n) is 7.51. The van der Waals surface area contributed by atoms with Crippen molar-refractivity contribution < 1.29 is 4.39 Å². The van der Waals surface area contributed by atoms with Gasteiger partial charge < -0.3 is 5.32 Å². The lowest BCUT2D eigenvalue weighted by Crippen LogP contribution is -2.35. The van der Waals surface area contributed by atoms with Gasteiger partial charge in [-0.3, -0.25) is 0 Å². The third kappa shape index (κ3) is 5.80. The highest BCUT2D eigenvalue weighted by Gasteiger charge is 2.25. The van der Waals surface area contributed by atoms with E-state index in [1.807, 2.05) is 6.07 Å². The van der Waals surface area contributed by atoms with E-state index in [2.05, 4.69) is 33.0 Å². The first-order valence-corrected chi connectivity index (χ1v) is 7.89. The smallest absolute Gasteiger partial charge is 0.127 e. The molecule has 0 fully saturated rings. The molecule has 114 valence electrons. The Labute approximate surface area is 127 Å². The third-order valence-electron chi connectivity index (χ3n) is 3.59. The minimum Gasteiger partial charge on any atom is -0.316 e. The molecule has 1 aromatic rings. The quantitative estimate of drug-likeness (QED) is 0.706. The fourth-order valence-electron chi connectivity index (χ4n) is 2.63. The molecule has 0 aliphatic rings. The molecule has 0 bridgehead atoms. The first-order chi connectivity index (χ1) is 9.36. The van der Waals surface area contributed by atoms with Gasteiger partial charge in [-0.15, -0.1) is 0 Å². The van der Waals surface area contributed by atoms with E-state index < -0.39 is 0 Å². The van der Waals surface area contributed by atoms with Crippen LogP contribution in [0.2, 0.25) is 5.02 Å². The summed E-state index contributed by atoms with van der Waals surface area (Å²) in [4.78, 5) is 0. The summed E-state index contributed by atoms with van der Waals surface area (Å²) in [5, 5.41) is 3.97. The molecule has 1 N–H and O–H groups in total. The van der Waals surface area contributed by atoms with E-state index >= 15 is 0 Å². The molecule has 1 aromatic carbocycles. The van der Waals surface area contributed by atoms with Crippen LogP contribution in [0.1, 0.15) is 46.1 Å². The molecule has 3 heteroatoms. The topological polar surface area (TPSA) is 12.0 Å². The maximum absolute atomic E-state index is 14.0. The van der Waals surface area contributed by atoms with Gasteiger partial charge in [0, 0.05) is 11.6 Å². The first kappa shape index (κ1) is 17.5. The van der Waals surface area contributed by atoms with Crippen molar-refractivity contribution in [2.24, 2.45) is 11.3 Å². The average Bonchev–Trinajstić information content (AvgIpc) is 2.33. The van der Waals surface area contributed by atoms with Crippen molar-refractivity contribution in [3.63, 3.8) is 0 Å². The largest absolute Gasteiger partial charge is 0.316 e. The van der Waals surface area contributed by atoms with E-state index in [0.717, 1.165) is 37.9 Å². The summed E-state index contributed by atoms with van der Waals surface area (Å²) in [7, 11) is 0. The van der Waals surface area contributed by atoms with Crippen LogP contribution in [0.5, 0.6) is 0 Å². The highest BCUT2D eigenvalue weighted by atomic mass is 35.5. The molecule has 1 nitrogen and oxygen atoms in total. The van der Waals surface area contributed by atoms with Crippen molar-refractivity contribution >= 4 is 11.6 Å². The highest BCUT2D eigenvalue weighted by Crippen LogP contribution is 2.29. The van der Waals surface area contributed by atoms with E-state index in [1.165, 1.54) is 6.07 Å². The molecule has 1 unspecified atom stereocenters. The fraction of sp³-hybridized carbons (Fsp3) is 0.647. The van der Waals surface area contributed by atoms with Crippen LogP contribution in [-0.4, -0.2) is 13.1 Å². The predicted octanol–water partition coefficient (Wildman–Crippen LogP) is 5.07. The summed E-state index contributed by atoms with van der Waals surface area (Å²) in [5.41, 5.74) is 0.842. The van der Waals surface area contributed by atoms with Gasteiger partial charge in [-0.1, -0.05) is 51.8 Å². The van der Waals surface area contributed by atoms with Crippen LogP contribution in [0.3, 0.4) is 0 Å². The maximum Gasteiger partial charge on any atom is 0.127 e. The summed E-state index contributed by atoms with van der Waals surface area (Å²) in [6, 6.07) is 4.99. The van der Waals surface area contributed by atoms with Gasteiger partial charge in [0.15, 0.2) is 0 Å². The van der Waals surface area contributed by atoms with Gasteiger partial charge in [-0.2, -0.15) is 0 Å². The van der Waals surface area contributed by atoms with E-state index in [-0.39, 0.29) is 11.2 Å². The van der Waals surface area contributed by atoms with Crippen LogP contribution in [0.25, 0.3) is 0 Å². The van der Waals surface area contributed by atoms with Gasteiger partial charge in [-0.25, -0.2) is 4.39 Å².